The number of amides is 1. The number of rotatable bonds is 5. The predicted octanol–water partition coefficient (Wildman–Crippen LogP) is 2.97. The molecule has 0 unspecified atom stereocenters. The van der Waals surface area contributed by atoms with Gasteiger partial charge in [-0.05, 0) is 35.9 Å². The number of halogens is 1. The number of nitrogens with zero attached hydrogens (tertiary/aromatic N) is 1. The van der Waals surface area contributed by atoms with Gasteiger partial charge in [-0.3, -0.25) is 4.79 Å². The van der Waals surface area contributed by atoms with Crippen molar-refractivity contribution in [1.82, 2.24) is 0 Å². The lowest BCUT2D eigenvalue weighted by Crippen LogP contribution is -2.36. The van der Waals surface area contributed by atoms with E-state index in [0.29, 0.717) is 35.1 Å². The number of nitrogens with one attached hydrogen (secondary N) is 1. The summed E-state index contributed by atoms with van der Waals surface area (Å²) in [6.45, 7) is 2.75. The number of benzene rings is 2. The van der Waals surface area contributed by atoms with E-state index >= 15 is 0 Å². The van der Waals surface area contributed by atoms with Gasteiger partial charge in [0, 0.05) is 29.9 Å². The van der Waals surface area contributed by atoms with Crippen LogP contribution in [0.5, 0.6) is 0 Å². The Kier molecular flexibility index (Phi) is 6.04. The van der Waals surface area contributed by atoms with Crippen molar-refractivity contribution in [3.05, 3.63) is 58.6 Å². The number of carbonyl (C=O) groups excluding carboxylic acids is 1. The molecule has 2 aromatic rings. The Bertz CT molecular complexity index is 923. The zero-order chi connectivity index (χ0) is 19.4. The minimum absolute atomic E-state index is 0.0512. The Labute approximate surface area is 164 Å². The number of sulfone groups is 1. The minimum Gasteiger partial charge on any atom is -0.378 e. The molecule has 1 N–H and O–H groups in total. The van der Waals surface area contributed by atoms with Gasteiger partial charge in [0.15, 0.2) is 9.84 Å². The highest BCUT2D eigenvalue weighted by Gasteiger charge is 2.17. The SMILES string of the molecule is CS(=O)(=O)Cc1ccc(C(=O)Nc2cc(Cl)ccc2N2CCOCC2)cc1. The average Bonchev–Trinajstić information content (AvgIpc) is 2.62. The molecule has 1 aliphatic rings. The fourth-order valence-electron chi connectivity index (χ4n) is 2.94. The molecule has 0 saturated carbocycles. The molecule has 27 heavy (non-hydrogen) atoms. The lowest BCUT2D eigenvalue weighted by Gasteiger charge is -2.30. The lowest BCUT2D eigenvalue weighted by molar-refractivity contribution is 0.102. The summed E-state index contributed by atoms with van der Waals surface area (Å²) in [5, 5.41) is 3.44. The Morgan fingerprint density at radius 1 is 1.15 bits per heavy atom. The molecule has 0 aliphatic carbocycles. The third kappa shape index (κ3) is 5.45. The molecule has 0 atom stereocenters. The van der Waals surface area contributed by atoms with Crippen LogP contribution in [-0.2, 0) is 20.3 Å². The van der Waals surface area contributed by atoms with Crippen LogP contribution in [0.4, 0.5) is 11.4 Å². The van der Waals surface area contributed by atoms with Crippen LogP contribution in [0.2, 0.25) is 5.02 Å². The molecule has 1 heterocycles. The maximum absolute atomic E-state index is 12.6. The van der Waals surface area contributed by atoms with Gasteiger partial charge in [-0.1, -0.05) is 23.7 Å². The molecule has 0 bridgehead atoms. The molecule has 0 spiro atoms. The Balaban J connectivity index is 1.78. The van der Waals surface area contributed by atoms with Crippen molar-refractivity contribution < 1.29 is 17.9 Å². The Morgan fingerprint density at radius 3 is 2.44 bits per heavy atom. The predicted molar refractivity (Wildman–Crippen MR) is 107 cm³/mol. The topological polar surface area (TPSA) is 75.7 Å². The molecule has 0 radical (unpaired) electrons. The standard InChI is InChI=1S/C19H21ClN2O4S/c1-27(24,25)13-14-2-4-15(5-3-14)19(23)21-17-12-16(20)6-7-18(17)22-8-10-26-11-9-22/h2-7,12H,8-11,13H2,1H3,(H,21,23). The molecular formula is C19H21ClN2O4S. The molecule has 3 rings (SSSR count). The smallest absolute Gasteiger partial charge is 0.255 e. The van der Waals surface area contributed by atoms with Crippen LogP contribution in [0.3, 0.4) is 0 Å². The number of anilines is 2. The monoisotopic (exact) mass is 408 g/mol. The van der Waals surface area contributed by atoms with Crippen LogP contribution in [0.15, 0.2) is 42.5 Å². The lowest BCUT2D eigenvalue weighted by atomic mass is 10.1. The molecule has 1 aliphatic heterocycles. The van der Waals surface area contributed by atoms with E-state index in [4.69, 9.17) is 16.3 Å². The van der Waals surface area contributed by atoms with E-state index in [2.05, 4.69) is 10.2 Å². The van der Waals surface area contributed by atoms with Gasteiger partial charge in [0.25, 0.3) is 5.91 Å². The van der Waals surface area contributed by atoms with Crippen molar-refractivity contribution in [2.24, 2.45) is 0 Å². The van der Waals surface area contributed by atoms with Gasteiger partial charge >= 0.3 is 0 Å². The number of morpholine rings is 1. The van der Waals surface area contributed by atoms with Gasteiger partial charge in [-0.15, -0.1) is 0 Å². The first-order chi connectivity index (χ1) is 12.8. The molecule has 6 nitrogen and oxygen atoms in total. The highest BCUT2D eigenvalue weighted by Crippen LogP contribution is 2.30. The molecule has 144 valence electrons. The van der Waals surface area contributed by atoms with Gasteiger partial charge in [0.05, 0.1) is 30.3 Å². The van der Waals surface area contributed by atoms with Gasteiger partial charge in [-0.25, -0.2) is 8.42 Å². The van der Waals surface area contributed by atoms with E-state index in [1.54, 1.807) is 36.4 Å². The van der Waals surface area contributed by atoms with Crippen molar-refractivity contribution in [2.45, 2.75) is 5.75 Å². The normalized spacial score (nSPS) is 14.8. The second-order valence-electron chi connectivity index (χ2n) is 6.48. The van der Waals surface area contributed by atoms with Crippen LogP contribution in [0.1, 0.15) is 15.9 Å². The fourth-order valence-corrected chi connectivity index (χ4v) is 3.91. The summed E-state index contributed by atoms with van der Waals surface area (Å²) in [6, 6.07) is 11.9. The molecule has 0 aromatic heterocycles. The van der Waals surface area contributed by atoms with Gasteiger partial charge in [0.2, 0.25) is 0 Å². The van der Waals surface area contributed by atoms with Crippen LogP contribution in [0, 0.1) is 0 Å². The van der Waals surface area contributed by atoms with Crippen LogP contribution < -0.4 is 10.2 Å². The van der Waals surface area contributed by atoms with Crippen LogP contribution in [0.25, 0.3) is 0 Å². The molecule has 1 saturated heterocycles. The zero-order valence-corrected chi connectivity index (χ0v) is 16.5. The highest BCUT2D eigenvalue weighted by molar-refractivity contribution is 7.89. The summed E-state index contributed by atoms with van der Waals surface area (Å²) in [5.74, 6) is -0.331. The molecule has 8 heteroatoms. The average molecular weight is 409 g/mol. The van der Waals surface area contributed by atoms with Crippen LogP contribution >= 0.6 is 11.6 Å². The van der Waals surface area contributed by atoms with Crippen molar-refractivity contribution in [1.29, 1.82) is 0 Å². The van der Waals surface area contributed by atoms with E-state index in [-0.39, 0.29) is 11.7 Å². The second-order valence-corrected chi connectivity index (χ2v) is 9.06. The summed E-state index contributed by atoms with van der Waals surface area (Å²) in [4.78, 5) is 14.8. The van der Waals surface area contributed by atoms with E-state index in [1.807, 2.05) is 6.07 Å². The molecule has 1 amide bonds. The van der Waals surface area contributed by atoms with Gasteiger partial charge in [0.1, 0.15) is 0 Å². The van der Waals surface area contributed by atoms with Gasteiger partial charge in [-0.2, -0.15) is 0 Å². The number of hydrogen-bond donors (Lipinski definition) is 1. The number of ether oxygens (including phenoxy) is 1. The third-order valence-corrected chi connectivity index (χ3v) is 5.30. The first-order valence-corrected chi connectivity index (χ1v) is 11.0. The third-order valence-electron chi connectivity index (χ3n) is 4.20. The highest BCUT2D eigenvalue weighted by atomic mass is 35.5. The van der Waals surface area contributed by atoms with Gasteiger partial charge < -0.3 is 15.0 Å². The summed E-state index contributed by atoms with van der Waals surface area (Å²) in [7, 11) is -3.11. The summed E-state index contributed by atoms with van der Waals surface area (Å²) in [5.41, 5.74) is 2.62. The Morgan fingerprint density at radius 2 is 1.81 bits per heavy atom. The Hall–Kier alpha value is -2.09. The van der Waals surface area contributed by atoms with Crippen LogP contribution in [-0.4, -0.2) is 46.9 Å². The molecule has 2 aromatic carbocycles. The summed E-state index contributed by atoms with van der Waals surface area (Å²) >= 11 is 6.12. The van der Waals surface area contributed by atoms with Crippen molar-refractivity contribution >= 4 is 38.7 Å². The zero-order valence-electron chi connectivity index (χ0n) is 14.9. The number of carbonyl (C=O) groups is 1. The maximum Gasteiger partial charge on any atom is 0.255 e. The molecular weight excluding hydrogens is 388 g/mol. The van der Waals surface area contributed by atoms with E-state index < -0.39 is 9.84 Å². The van der Waals surface area contributed by atoms with Crippen molar-refractivity contribution in [3.63, 3.8) is 0 Å². The minimum atomic E-state index is -3.11. The van der Waals surface area contributed by atoms with E-state index in [1.165, 1.54) is 6.26 Å². The fraction of sp³-hybridized carbons (Fsp3) is 0.316. The van der Waals surface area contributed by atoms with E-state index in [0.717, 1.165) is 18.8 Å². The second kappa shape index (κ2) is 8.29. The molecule has 1 fully saturated rings. The first-order valence-electron chi connectivity index (χ1n) is 8.52. The summed E-state index contributed by atoms with van der Waals surface area (Å²) in [6.07, 6.45) is 1.18. The van der Waals surface area contributed by atoms with E-state index in [9.17, 15) is 13.2 Å². The quantitative estimate of drug-likeness (QED) is 0.823. The largest absolute Gasteiger partial charge is 0.378 e. The summed E-state index contributed by atoms with van der Waals surface area (Å²) < 4.78 is 28.1. The number of hydrogen-bond acceptors (Lipinski definition) is 5. The maximum atomic E-state index is 12.6. The van der Waals surface area contributed by atoms with Crippen molar-refractivity contribution in [2.75, 3.05) is 42.8 Å². The van der Waals surface area contributed by atoms with Crippen molar-refractivity contribution in [3.8, 4) is 0 Å². The first kappa shape index (κ1) is 19.7.